The summed E-state index contributed by atoms with van der Waals surface area (Å²) in [5.74, 6) is -0.166. The van der Waals surface area contributed by atoms with Gasteiger partial charge in [-0.15, -0.1) is 0 Å². The molecule has 0 bridgehead atoms. The van der Waals surface area contributed by atoms with E-state index in [1.54, 1.807) is 0 Å². The molecule has 0 saturated heterocycles. The molecule has 0 aliphatic heterocycles. The summed E-state index contributed by atoms with van der Waals surface area (Å²) in [6, 6.07) is 0. The quantitative estimate of drug-likeness (QED) is 0.200. The summed E-state index contributed by atoms with van der Waals surface area (Å²) in [5, 5.41) is 19.8. The van der Waals surface area contributed by atoms with E-state index < -0.39 is 11.7 Å². The molecule has 0 aromatic heterocycles. The largest absolute Gasteiger partial charge is 0.390 e. The maximum atomic E-state index is 12.2. The minimum absolute atomic E-state index is 0.166. The van der Waals surface area contributed by atoms with Crippen LogP contribution in [0.15, 0.2) is 130 Å². The number of carbonyl (C=O) groups is 1. The molecule has 3 heteroatoms. The Hall–Kier alpha value is -3.27. The lowest BCUT2D eigenvalue weighted by atomic mass is 9.71. The summed E-state index contributed by atoms with van der Waals surface area (Å²) >= 11 is 0. The standard InChI is InChI=1S/C40H56O3/c1-30(19-13-21-32(3)22-14-23-33(4)25-16-28-40(9,10)43)17-11-12-18-31(2)20-15-24-34(5)26-27-36-35(6)38(42)37(41)29-39(36,7)8/h11-15,17-24,26-27,37,41,43H,16,25,28-29H2,1-10H3/b12-11+,19-13+,20-15+,22-14+,27-26+,30-17+,31-18+,32-21+,33-23+,34-24+. The van der Waals surface area contributed by atoms with Gasteiger partial charge in [0.15, 0.2) is 5.78 Å². The lowest BCUT2D eigenvalue weighted by Gasteiger charge is -2.34. The van der Waals surface area contributed by atoms with Crippen molar-refractivity contribution in [2.75, 3.05) is 0 Å². The molecular weight excluding hydrogens is 528 g/mol. The Bertz CT molecular complexity index is 1290. The van der Waals surface area contributed by atoms with Crippen molar-refractivity contribution in [3.8, 4) is 0 Å². The molecular formula is C40H56O3. The minimum Gasteiger partial charge on any atom is -0.390 e. The Labute approximate surface area is 262 Å². The number of hydrogen-bond acceptors (Lipinski definition) is 3. The van der Waals surface area contributed by atoms with Gasteiger partial charge in [-0.25, -0.2) is 0 Å². The van der Waals surface area contributed by atoms with Crippen LogP contribution in [0.3, 0.4) is 0 Å². The Morgan fingerprint density at radius 3 is 1.72 bits per heavy atom. The van der Waals surface area contributed by atoms with E-state index in [0.29, 0.717) is 12.0 Å². The molecule has 1 aliphatic rings. The molecule has 0 fully saturated rings. The first-order valence-corrected chi connectivity index (χ1v) is 15.4. The summed E-state index contributed by atoms with van der Waals surface area (Å²) in [6.07, 6.45) is 33.4. The van der Waals surface area contributed by atoms with Crippen LogP contribution in [0.4, 0.5) is 0 Å². The van der Waals surface area contributed by atoms with Crippen LogP contribution in [0.25, 0.3) is 0 Å². The fourth-order valence-electron chi connectivity index (χ4n) is 4.73. The van der Waals surface area contributed by atoms with Crippen LogP contribution in [0.1, 0.15) is 94.9 Å². The molecule has 1 aliphatic carbocycles. The molecule has 43 heavy (non-hydrogen) atoms. The maximum Gasteiger partial charge on any atom is 0.187 e. The first-order chi connectivity index (χ1) is 20.0. The predicted molar refractivity (Wildman–Crippen MR) is 187 cm³/mol. The fourth-order valence-corrected chi connectivity index (χ4v) is 4.73. The minimum atomic E-state index is -0.897. The van der Waals surface area contributed by atoms with Gasteiger partial charge in [-0.3, -0.25) is 4.79 Å². The number of allylic oxidation sites excluding steroid dienone is 21. The second-order valence-corrected chi connectivity index (χ2v) is 13.1. The van der Waals surface area contributed by atoms with Crippen molar-refractivity contribution in [1.29, 1.82) is 0 Å². The van der Waals surface area contributed by atoms with Crippen LogP contribution in [-0.2, 0) is 4.79 Å². The van der Waals surface area contributed by atoms with Crippen molar-refractivity contribution in [3.63, 3.8) is 0 Å². The first kappa shape index (κ1) is 37.8. The molecule has 0 aromatic rings. The van der Waals surface area contributed by atoms with Crippen molar-refractivity contribution >= 4 is 5.78 Å². The number of ketones is 1. The van der Waals surface area contributed by atoms with E-state index in [4.69, 9.17) is 0 Å². The van der Waals surface area contributed by atoms with Gasteiger partial charge in [0.05, 0.1) is 5.60 Å². The van der Waals surface area contributed by atoms with Gasteiger partial charge in [0.25, 0.3) is 0 Å². The van der Waals surface area contributed by atoms with Gasteiger partial charge < -0.3 is 10.2 Å². The normalized spacial score (nSPS) is 20.4. The van der Waals surface area contributed by atoms with Crippen molar-refractivity contribution < 1.29 is 15.0 Å². The van der Waals surface area contributed by atoms with Crippen LogP contribution < -0.4 is 0 Å². The van der Waals surface area contributed by atoms with Gasteiger partial charge in [0, 0.05) is 0 Å². The van der Waals surface area contributed by atoms with Crippen molar-refractivity contribution in [1.82, 2.24) is 0 Å². The van der Waals surface area contributed by atoms with E-state index in [0.717, 1.165) is 36.0 Å². The third-order valence-corrected chi connectivity index (χ3v) is 7.39. The topological polar surface area (TPSA) is 57.5 Å². The van der Waals surface area contributed by atoms with Crippen molar-refractivity contribution in [2.24, 2.45) is 5.41 Å². The van der Waals surface area contributed by atoms with E-state index in [-0.39, 0.29) is 11.2 Å². The highest BCUT2D eigenvalue weighted by molar-refractivity contribution is 6.00. The van der Waals surface area contributed by atoms with Gasteiger partial charge in [0.2, 0.25) is 0 Å². The number of carbonyl (C=O) groups excluding carboxylic acids is 1. The van der Waals surface area contributed by atoms with E-state index in [2.05, 4.69) is 102 Å². The number of hydrogen-bond donors (Lipinski definition) is 2. The smallest absolute Gasteiger partial charge is 0.187 e. The third kappa shape index (κ3) is 16.2. The zero-order valence-corrected chi connectivity index (χ0v) is 28.4. The Balaban J connectivity index is 2.62. The number of aliphatic hydroxyl groups is 2. The zero-order valence-electron chi connectivity index (χ0n) is 28.4. The molecule has 2 N–H and O–H groups in total. The van der Waals surface area contributed by atoms with Crippen LogP contribution in [0.5, 0.6) is 0 Å². The summed E-state index contributed by atoms with van der Waals surface area (Å²) in [6.45, 7) is 20.1. The molecule has 3 nitrogen and oxygen atoms in total. The Kier molecular flexibility index (Phi) is 16.2. The fraction of sp³-hybridized carbons (Fsp3) is 0.425. The molecule has 1 rings (SSSR count). The van der Waals surface area contributed by atoms with Crippen molar-refractivity contribution in [2.45, 2.75) is 107 Å². The number of rotatable bonds is 14. The second-order valence-electron chi connectivity index (χ2n) is 13.1. The van der Waals surface area contributed by atoms with Gasteiger partial charge in [-0.2, -0.15) is 0 Å². The molecule has 0 radical (unpaired) electrons. The molecule has 0 heterocycles. The van der Waals surface area contributed by atoms with E-state index in [1.165, 1.54) is 16.7 Å². The molecule has 234 valence electrons. The van der Waals surface area contributed by atoms with Gasteiger partial charge in [-0.1, -0.05) is 133 Å². The molecule has 0 spiro atoms. The van der Waals surface area contributed by atoms with Crippen LogP contribution in [0.2, 0.25) is 0 Å². The number of Topliss-reactive ketones (excluding diaryl/α,β-unsaturated/α-hetero) is 1. The summed E-state index contributed by atoms with van der Waals surface area (Å²) in [4.78, 5) is 12.2. The maximum absolute atomic E-state index is 12.2. The average molecular weight is 585 g/mol. The summed E-state index contributed by atoms with van der Waals surface area (Å²) in [7, 11) is 0. The lowest BCUT2D eigenvalue weighted by Crippen LogP contribution is -2.35. The van der Waals surface area contributed by atoms with Crippen LogP contribution in [-0.4, -0.2) is 27.7 Å². The Morgan fingerprint density at radius 2 is 1.23 bits per heavy atom. The number of aliphatic hydroxyl groups excluding tert-OH is 1. The summed E-state index contributed by atoms with van der Waals surface area (Å²) in [5.41, 5.74) is 6.74. The lowest BCUT2D eigenvalue weighted by molar-refractivity contribution is -0.125. The molecule has 1 atom stereocenters. The van der Waals surface area contributed by atoms with Crippen LogP contribution >= 0.6 is 0 Å². The SMILES string of the molecule is CC1=C(/C=C/C(C)=C/C=C/C(C)=C/C=C/C=C(C)/C=C/C=C(C)/C=C/C=C(\C)CCCC(C)(C)O)C(C)(C)CC(O)C1=O. The second kappa shape index (κ2) is 18.4. The molecule has 0 saturated carbocycles. The van der Waals surface area contributed by atoms with Crippen molar-refractivity contribution in [3.05, 3.63) is 130 Å². The first-order valence-electron chi connectivity index (χ1n) is 15.4. The zero-order chi connectivity index (χ0) is 32.6. The molecule has 1 unspecified atom stereocenters. The highest BCUT2D eigenvalue weighted by Gasteiger charge is 2.36. The molecule has 0 amide bonds. The Morgan fingerprint density at radius 1 is 0.791 bits per heavy atom. The monoisotopic (exact) mass is 584 g/mol. The highest BCUT2D eigenvalue weighted by atomic mass is 16.3. The van der Waals surface area contributed by atoms with Gasteiger partial charge in [-0.05, 0) is 97.6 Å². The predicted octanol–water partition coefficient (Wildman–Crippen LogP) is 10.1. The third-order valence-electron chi connectivity index (χ3n) is 7.39. The average Bonchev–Trinajstić information content (AvgIpc) is 2.88. The van der Waals surface area contributed by atoms with Gasteiger partial charge >= 0.3 is 0 Å². The molecule has 0 aromatic carbocycles. The van der Waals surface area contributed by atoms with E-state index in [9.17, 15) is 15.0 Å². The van der Waals surface area contributed by atoms with E-state index in [1.807, 2.05) is 58.1 Å². The van der Waals surface area contributed by atoms with E-state index >= 15 is 0 Å². The van der Waals surface area contributed by atoms with Crippen LogP contribution in [0, 0.1) is 5.41 Å². The summed E-state index contributed by atoms with van der Waals surface area (Å²) < 4.78 is 0. The van der Waals surface area contributed by atoms with Gasteiger partial charge in [0.1, 0.15) is 6.10 Å². The highest BCUT2D eigenvalue weighted by Crippen LogP contribution is 2.39.